The summed E-state index contributed by atoms with van der Waals surface area (Å²) in [6, 6.07) is 6.94. The van der Waals surface area contributed by atoms with Crippen LogP contribution in [0.5, 0.6) is 0 Å². The Morgan fingerprint density at radius 1 is 1.44 bits per heavy atom. The molecule has 0 bridgehead atoms. The summed E-state index contributed by atoms with van der Waals surface area (Å²) in [5, 5.41) is 9.95. The highest BCUT2D eigenvalue weighted by Crippen LogP contribution is 2.21. The Kier molecular flexibility index (Phi) is 4.73. The van der Waals surface area contributed by atoms with Crippen LogP contribution in [0.15, 0.2) is 24.3 Å². The number of benzene rings is 1. The molecular formula is C13H16ClNO3. The van der Waals surface area contributed by atoms with E-state index in [1.807, 2.05) is 0 Å². The number of carboxylic acid groups (broad SMARTS) is 1. The van der Waals surface area contributed by atoms with Crippen LogP contribution in [0.25, 0.3) is 0 Å². The van der Waals surface area contributed by atoms with Crippen molar-refractivity contribution in [1.29, 1.82) is 0 Å². The van der Waals surface area contributed by atoms with Gasteiger partial charge in [0.2, 0.25) is 6.41 Å². The monoisotopic (exact) mass is 269 g/mol. The molecular weight excluding hydrogens is 254 g/mol. The fourth-order valence-corrected chi connectivity index (χ4v) is 1.97. The SMILES string of the molecule is CCN(C=O)C(C)(Cc1ccc(Cl)cc1)C(=O)O. The van der Waals surface area contributed by atoms with Gasteiger partial charge in [0.25, 0.3) is 0 Å². The summed E-state index contributed by atoms with van der Waals surface area (Å²) in [5.41, 5.74) is -0.422. The summed E-state index contributed by atoms with van der Waals surface area (Å²) >= 11 is 5.78. The molecule has 1 amide bonds. The van der Waals surface area contributed by atoms with E-state index in [9.17, 15) is 14.7 Å². The van der Waals surface area contributed by atoms with E-state index in [4.69, 9.17) is 11.6 Å². The summed E-state index contributed by atoms with van der Waals surface area (Å²) < 4.78 is 0. The van der Waals surface area contributed by atoms with Crippen molar-refractivity contribution in [3.05, 3.63) is 34.9 Å². The minimum absolute atomic E-state index is 0.242. The standard InChI is InChI=1S/C13H16ClNO3/c1-3-15(9-16)13(2,12(17)18)8-10-4-6-11(14)7-5-10/h4-7,9H,3,8H2,1-2H3,(H,17,18). The summed E-state index contributed by atoms with van der Waals surface area (Å²) in [7, 11) is 0. The lowest BCUT2D eigenvalue weighted by Gasteiger charge is -2.34. The molecule has 4 nitrogen and oxygen atoms in total. The fourth-order valence-electron chi connectivity index (χ4n) is 1.84. The van der Waals surface area contributed by atoms with Crippen LogP contribution in [0.2, 0.25) is 5.02 Å². The van der Waals surface area contributed by atoms with Gasteiger partial charge in [-0.25, -0.2) is 4.79 Å². The van der Waals surface area contributed by atoms with Crippen LogP contribution in [0.3, 0.4) is 0 Å². The lowest BCUT2D eigenvalue weighted by atomic mass is 9.91. The number of carbonyl (C=O) groups excluding carboxylic acids is 1. The Balaban J connectivity index is 3.02. The zero-order valence-corrected chi connectivity index (χ0v) is 11.1. The Hall–Kier alpha value is -1.55. The molecule has 1 aromatic rings. The summed E-state index contributed by atoms with van der Waals surface area (Å²) in [6.45, 7) is 3.64. The van der Waals surface area contributed by atoms with Gasteiger partial charge in [-0.3, -0.25) is 4.79 Å². The van der Waals surface area contributed by atoms with Crippen LogP contribution in [0.4, 0.5) is 0 Å². The molecule has 0 heterocycles. The Labute approximate surface area is 111 Å². The van der Waals surface area contributed by atoms with E-state index in [2.05, 4.69) is 0 Å². The zero-order chi connectivity index (χ0) is 13.8. The fraction of sp³-hybridized carbons (Fsp3) is 0.385. The molecule has 0 spiro atoms. The number of nitrogens with zero attached hydrogens (tertiary/aromatic N) is 1. The largest absolute Gasteiger partial charge is 0.479 e. The Bertz CT molecular complexity index is 432. The maximum atomic E-state index is 11.4. The molecule has 1 aromatic carbocycles. The third-order valence-corrected chi connectivity index (χ3v) is 3.28. The smallest absolute Gasteiger partial charge is 0.329 e. The second-order valence-electron chi connectivity index (χ2n) is 4.27. The number of carbonyl (C=O) groups is 2. The van der Waals surface area contributed by atoms with E-state index < -0.39 is 11.5 Å². The third kappa shape index (κ3) is 3.01. The van der Waals surface area contributed by atoms with Crippen LogP contribution >= 0.6 is 11.6 Å². The topological polar surface area (TPSA) is 57.6 Å². The van der Waals surface area contributed by atoms with Gasteiger partial charge in [0.05, 0.1) is 0 Å². The molecule has 0 aliphatic rings. The second-order valence-corrected chi connectivity index (χ2v) is 4.71. The summed E-state index contributed by atoms with van der Waals surface area (Å²) in [6.07, 6.45) is 0.816. The Morgan fingerprint density at radius 3 is 2.39 bits per heavy atom. The first-order chi connectivity index (χ1) is 8.43. The molecule has 0 aliphatic heterocycles. The molecule has 18 heavy (non-hydrogen) atoms. The highest BCUT2D eigenvalue weighted by Gasteiger charge is 2.38. The number of likely N-dealkylation sites (N-methyl/N-ethyl adjacent to an activating group) is 1. The van der Waals surface area contributed by atoms with Crippen molar-refractivity contribution in [3.63, 3.8) is 0 Å². The second kappa shape index (κ2) is 5.87. The van der Waals surface area contributed by atoms with Crippen LogP contribution in [-0.2, 0) is 16.0 Å². The zero-order valence-electron chi connectivity index (χ0n) is 10.4. The van der Waals surface area contributed by atoms with Crippen LogP contribution < -0.4 is 0 Å². The molecule has 1 rings (SSSR count). The predicted octanol–water partition coefficient (Wildman–Crippen LogP) is 2.20. The van der Waals surface area contributed by atoms with Crippen molar-refractivity contribution in [2.75, 3.05) is 6.54 Å². The summed E-state index contributed by atoms with van der Waals surface area (Å²) in [5.74, 6) is -1.02. The molecule has 0 aliphatic carbocycles. The number of hydrogen-bond donors (Lipinski definition) is 1. The molecule has 1 unspecified atom stereocenters. The molecule has 1 atom stereocenters. The number of halogens is 1. The van der Waals surface area contributed by atoms with Crippen molar-refractivity contribution < 1.29 is 14.7 Å². The van der Waals surface area contributed by atoms with Gasteiger partial charge in [0, 0.05) is 18.0 Å². The third-order valence-electron chi connectivity index (χ3n) is 3.02. The normalized spacial score (nSPS) is 13.7. The number of amides is 1. The van der Waals surface area contributed by atoms with Gasteiger partial charge in [-0.1, -0.05) is 23.7 Å². The molecule has 0 aromatic heterocycles. The van der Waals surface area contributed by atoms with Crippen LogP contribution in [0.1, 0.15) is 19.4 Å². The van der Waals surface area contributed by atoms with Crippen molar-refractivity contribution in [3.8, 4) is 0 Å². The number of aliphatic carboxylic acids is 1. The summed E-state index contributed by atoms with van der Waals surface area (Å²) in [4.78, 5) is 23.7. The van der Waals surface area contributed by atoms with E-state index in [1.165, 1.54) is 4.90 Å². The Morgan fingerprint density at radius 2 is 2.00 bits per heavy atom. The molecule has 0 saturated heterocycles. The van der Waals surface area contributed by atoms with Gasteiger partial charge in [0.1, 0.15) is 5.54 Å². The maximum absolute atomic E-state index is 11.4. The highest BCUT2D eigenvalue weighted by atomic mass is 35.5. The van der Waals surface area contributed by atoms with E-state index >= 15 is 0 Å². The van der Waals surface area contributed by atoms with Crippen LogP contribution in [-0.4, -0.2) is 34.5 Å². The van der Waals surface area contributed by atoms with Crippen molar-refractivity contribution in [2.24, 2.45) is 0 Å². The van der Waals surface area contributed by atoms with Crippen molar-refractivity contribution in [1.82, 2.24) is 4.90 Å². The van der Waals surface area contributed by atoms with Gasteiger partial charge in [-0.2, -0.15) is 0 Å². The molecule has 98 valence electrons. The number of carboxylic acids is 1. The molecule has 0 fully saturated rings. The molecule has 5 heteroatoms. The van der Waals surface area contributed by atoms with Gasteiger partial charge < -0.3 is 10.0 Å². The van der Waals surface area contributed by atoms with E-state index in [0.717, 1.165) is 5.56 Å². The first kappa shape index (κ1) is 14.5. The first-order valence-electron chi connectivity index (χ1n) is 5.64. The molecule has 0 saturated carbocycles. The van der Waals surface area contributed by atoms with Gasteiger partial charge in [0.15, 0.2) is 0 Å². The average molecular weight is 270 g/mol. The highest BCUT2D eigenvalue weighted by molar-refractivity contribution is 6.30. The van der Waals surface area contributed by atoms with Gasteiger partial charge in [-0.05, 0) is 31.5 Å². The minimum Gasteiger partial charge on any atom is -0.479 e. The van der Waals surface area contributed by atoms with Crippen molar-refractivity contribution >= 4 is 24.0 Å². The minimum atomic E-state index is -1.25. The van der Waals surface area contributed by atoms with Crippen molar-refractivity contribution in [2.45, 2.75) is 25.8 Å². The lowest BCUT2D eigenvalue weighted by molar-refractivity contribution is -0.153. The first-order valence-corrected chi connectivity index (χ1v) is 6.01. The lowest BCUT2D eigenvalue weighted by Crippen LogP contribution is -2.53. The number of rotatable bonds is 6. The van der Waals surface area contributed by atoms with E-state index in [1.54, 1.807) is 38.1 Å². The van der Waals surface area contributed by atoms with E-state index in [-0.39, 0.29) is 6.42 Å². The molecule has 1 N–H and O–H groups in total. The quantitative estimate of drug-likeness (QED) is 0.806. The average Bonchev–Trinajstić information content (AvgIpc) is 2.33. The maximum Gasteiger partial charge on any atom is 0.329 e. The number of hydrogen-bond acceptors (Lipinski definition) is 2. The van der Waals surface area contributed by atoms with Crippen LogP contribution in [0, 0.1) is 0 Å². The van der Waals surface area contributed by atoms with Gasteiger partial charge in [-0.15, -0.1) is 0 Å². The predicted molar refractivity (Wildman–Crippen MR) is 69.6 cm³/mol. The van der Waals surface area contributed by atoms with E-state index in [0.29, 0.717) is 18.0 Å². The van der Waals surface area contributed by atoms with Gasteiger partial charge >= 0.3 is 5.97 Å². The molecule has 0 radical (unpaired) electrons.